The van der Waals surface area contributed by atoms with Crippen LogP contribution in [0.5, 0.6) is 0 Å². The van der Waals surface area contributed by atoms with E-state index in [-0.39, 0.29) is 22.0 Å². The van der Waals surface area contributed by atoms with E-state index in [2.05, 4.69) is 10.0 Å². The number of carbonyl (C=O) groups excluding carboxylic acids is 1. The molecule has 3 rings (SSSR count). The second-order valence-electron chi connectivity index (χ2n) is 5.92. The molecule has 0 aliphatic carbocycles. The molecule has 0 aliphatic heterocycles. The maximum absolute atomic E-state index is 12.8. The number of halogens is 2. The Bertz CT molecular complexity index is 1100. The molecule has 0 saturated carbocycles. The van der Waals surface area contributed by atoms with Crippen molar-refractivity contribution in [2.45, 2.75) is 22.5 Å². The molecule has 0 unspecified atom stereocenters. The number of aryl methyl sites for hydroxylation is 1. The monoisotopic (exact) mass is 438 g/mol. The van der Waals surface area contributed by atoms with Crippen LogP contribution in [0.25, 0.3) is 0 Å². The number of rotatable bonds is 7. The van der Waals surface area contributed by atoms with Gasteiger partial charge in [0.1, 0.15) is 0 Å². The van der Waals surface area contributed by atoms with Crippen molar-refractivity contribution < 1.29 is 26.4 Å². The molecule has 0 atom stereocenters. The van der Waals surface area contributed by atoms with E-state index >= 15 is 0 Å². The lowest BCUT2D eigenvalue weighted by atomic mass is 10.2. The smallest absolute Gasteiger partial charge is 0.291 e. The maximum Gasteiger partial charge on any atom is 0.291 e. The maximum atomic E-state index is 12.8. The molecule has 2 aromatic carbocycles. The third-order valence-electron chi connectivity index (χ3n) is 3.81. The molecule has 1 aromatic heterocycles. The highest BCUT2D eigenvalue weighted by atomic mass is 32.2. The normalized spacial score (nSPS) is 11.4. The van der Waals surface area contributed by atoms with Crippen molar-refractivity contribution in [1.29, 1.82) is 0 Å². The molecule has 2 N–H and O–H groups in total. The van der Waals surface area contributed by atoms with Crippen molar-refractivity contribution in [1.82, 2.24) is 0 Å². The van der Waals surface area contributed by atoms with Crippen molar-refractivity contribution >= 4 is 39.1 Å². The summed E-state index contributed by atoms with van der Waals surface area (Å²) in [5, 5.41) is 2.57. The fourth-order valence-corrected chi connectivity index (χ4v) is 4.31. The number of hydrogen-bond donors (Lipinski definition) is 2. The van der Waals surface area contributed by atoms with Crippen LogP contribution in [-0.2, 0) is 10.0 Å². The van der Waals surface area contributed by atoms with Gasteiger partial charge in [0.2, 0.25) is 0 Å². The predicted octanol–water partition coefficient (Wildman–Crippen LogP) is 4.96. The molecule has 152 valence electrons. The second-order valence-corrected chi connectivity index (χ2v) is 8.63. The van der Waals surface area contributed by atoms with Crippen LogP contribution in [0.1, 0.15) is 16.1 Å². The Hall–Kier alpha value is -2.85. The van der Waals surface area contributed by atoms with Crippen molar-refractivity contribution in [3.05, 3.63) is 72.2 Å². The van der Waals surface area contributed by atoms with Crippen molar-refractivity contribution in [3.8, 4) is 0 Å². The summed E-state index contributed by atoms with van der Waals surface area (Å²) >= 11 is 0.372. The van der Waals surface area contributed by atoms with E-state index in [1.54, 1.807) is 25.1 Å². The second kappa shape index (κ2) is 8.66. The largest absolute Gasteiger partial charge is 0.459 e. The van der Waals surface area contributed by atoms with Crippen LogP contribution in [0.4, 0.5) is 20.2 Å². The van der Waals surface area contributed by atoms with Crippen LogP contribution in [0, 0.1) is 6.92 Å². The van der Waals surface area contributed by atoms with Crippen LogP contribution in [0.2, 0.25) is 0 Å². The summed E-state index contributed by atoms with van der Waals surface area (Å²) < 4.78 is 57.8. The van der Waals surface area contributed by atoms with Gasteiger partial charge >= 0.3 is 0 Å². The van der Waals surface area contributed by atoms with Gasteiger partial charge in [-0.3, -0.25) is 9.52 Å². The van der Waals surface area contributed by atoms with E-state index in [0.717, 1.165) is 0 Å². The van der Waals surface area contributed by atoms with Crippen LogP contribution in [0.15, 0.2) is 75.1 Å². The average Bonchev–Trinajstić information content (AvgIpc) is 3.19. The SMILES string of the molecule is Cc1ccc(NC(=O)c2ccco2)cc1S(=O)(=O)Nc1ccc(SC(F)F)cc1. The van der Waals surface area contributed by atoms with E-state index < -0.39 is 21.7 Å². The number of amides is 1. The molecule has 29 heavy (non-hydrogen) atoms. The first-order chi connectivity index (χ1) is 13.7. The fraction of sp³-hybridized carbons (Fsp3) is 0.105. The van der Waals surface area contributed by atoms with Gasteiger partial charge in [0, 0.05) is 16.3 Å². The average molecular weight is 438 g/mol. The minimum atomic E-state index is -3.97. The number of benzene rings is 2. The summed E-state index contributed by atoms with van der Waals surface area (Å²) in [6, 6.07) is 13.1. The molecule has 0 spiro atoms. The molecule has 0 saturated heterocycles. The van der Waals surface area contributed by atoms with Crippen LogP contribution < -0.4 is 10.0 Å². The Kier molecular flexibility index (Phi) is 6.23. The van der Waals surface area contributed by atoms with Gasteiger partial charge in [-0.25, -0.2) is 8.42 Å². The molecule has 1 amide bonds. The molecule has 0 bridgehead atoms. The van der Waals surface area contributed by atoms with E-state index in [1.165, 1.54) is 42.7 Å². The molecule has 0 fully saturated rings. The highest BCUT2D eigenvalue weighted by Crippen LogP contribution is 2.28. The Morgan fingerprint density at radius 2 is 1.76 bits per heavy atom. The molecule has 6 nitrogen and oxygen atoms in total. The fourth-order valence-electron chi connectivity index (χ4n) is 2.48. The number of thioether (sulfide) groups is 1. The Labute approximate surface area is 170 Å². The molecule has 3 aromatic rings. The first-order valence-corrected chi connectivity index (χ1v) is 10.6. The summed E-state index contributed by atoms with van der Waals surface area (Å²) in [7, 11) is -3.97. The number of sulfonamides is 1. The zero-order chi connectivity index (χ0) is 21.0. The topological polar surface area (TPSA) is 88.4 Å². The molecule has 0 radical (unpaired) electrons. The predicted molar refractivity (Wildman–Crippen MR) is 107 cm³/mol. The summed E-state index contributed by atoms with van der Waals surface area (Å²) in [6.45, 7) is 1.62. The Morgan fingerprint density at radius 3 is 2.38 bits per heavy atom. The summed E-state index contributed by atoms with van der Waals surface area (Å²) in [4.78, 5) is 12.4. The van der Waals surface area contributed by atoms with Crippen LogP contribution >= 0.6 is 11.8 Å². The quantitative estimate of drug-likeness (QED) is 0.509. The third kappa shape index (κ3) is 5.36. The lowest BCUT2D eigenvalue weighted by Gasteiger charge is -2.13. The van der Waals surface area contributed by atoms with E-state index in [0.29, 0.717) is 22.2 Å². The van der Waals surface area contributed by atoms with Crippen molar-refractivity contribution in [3.63, 3.8) is 0 Å². The number of alkyl halides is 2. The van der Waals surface area contributed by atoms with Crippen molar-refractivity contribution in [2.75, 3.05) is 10.0 Å². The highest BCUT2D eigenvalue weighted by molar-refractivity contribution is 7.99. The summed E-state index contributed by atoms with van der Waals surface area (Å²) in [6.07, 6.45) is 1.36. The summed E-state index contributed by atoms with van der Waals surface area (Å²) in [5.74, 6) is -2.98. The molecule has 0 aliphatic rings. The van der Waals surface area contributed by atoms with Gasteiger partial charge in [-0.2, -0.15) is 8.78 Å². The van der Waals surface area contributed by atoms with Crippen molar-refractivity contribution in [2.24, 2.45) is 0 Å². The van der Waals surface area contributed by atoms with Gasteiger partial charge in [-0.05, 0) is 61.0 Å². The number of anilines is 2. The zero-order valence-electron chi connectivity index (χ0n) is 15.1. The lowest BCUT2D eigenvalue weighted by molar-refractivity contribution is 0.0996. The van der Waals surface area contributed by atoms with Gasteiger partial charge in [0.15, 0.2) is 5.76 Å². The minimum Gasteiger partial charge on any atom is -0.459 e. The number of carbonyl (C=O) groups is 1. The van der Waals surface area contributed by atoms with Gasteiger partial charge in [-0.1, -0.05) is 17.8 Å². The number of hydrogen-bond acceptors (Lipinski definition) is 5. The van der Waals surface area contributed by atoms with E-state index in [1.807, 2.05) is 0 Å². The Morgan fingerprint density at radius 1 is 1.07 bits per heavy atom. The highest BCUT2D eigenvalue weighted by Gasteiger charge is 2.19. The van der Waals surface area contributed by atoms with Gasteiger partial charge < -0.3 is 9.73 Å². The first kappa shape index (κ1) is 20.9. The molecular weight excluding hydrogens is 422 g/mol. The van der Waals surface area contributed by atoms with Crippen LogP contribution in [0.3, 0.4) is 0 Å². The summed E-state index contributed by atoms with van der Waals surface area (Å²) in [5.41, 5.74) is 0.979. The minimum absolute atomic E-state index is 0.0271. The van der Waals surface area contributed by atoms with Gasteiger partial charge in [-0.15, -0.1) is 0 Å². The Balaban J connectivity index is 1.80. The lowest BCUT2D eigenvalue weighted by Crippen LogP contribution is -2.16. The first-order valence-electron chi connectivity index (χ1n) is 8.28. The van der Waals surface area contributed by atoms with Gasteiger partial charge in [0.25, 0.3) is 21.7 Å². The molecule has 10 heteroatoms. The van der Waals surface area contributed by atoms with E-state index in [4.69, 9.17) is 4.42 Å². The molecule has 1 heterocycles. The molecular formula is C19H16F2N2O4S2. The van der Waals surface area contributed by atoms with Gasteiger partial charge in [0.05, 0.1) is 11.2 Å². The standard InChI is InChI=1S/C19H16F2N2O4S2/c1-12-4-5-14(22-18(24)16-3-2-10-27-16)11-17(12)29(25,26)23-13-6-8-15(9-7-13)28-19(20)21/h2-11,19,23H,1H3,(H,22,24). The number of nitrogens with one attached hydrogen (secondary N) is 2. The van der Waals surface area contributed by atoms with E-state index in [9.17, 15) is 22.0 Å². The zero-order valence-corrected chi connectivity index (χ0v) is 16.7. The third-order valence-corrected chi connectivity index (χ3v) is 6.06. The van der Waals surface area contributed by atoms with Crippen LogP contribution in [-0.4, -0.2) is 20.1 Å². The number of furan rings is 1.